The van der Waals surface area contributed by atoms with Crippen molar-refractivity contribution in [2.24, 2.45) is 0 Å². The zero-order chi connectivity index (χ0) is 13.0. The molecule has 0 spiro atoms. The van der Waals surface area contributed by atoms with Crippen LogP contribution in [0.4, 0.5) is 5.69 Å². The molecule has 1 heterocycles. The number of aromatic nitrogens is 2. The second-order valence-corrected chi connectivity index (χ2v) is 4.03. The summed E-state index contributed by atoms with van der Waals surface area (Å²) < 4.78 is 1.45. The van der Waals surface area contributed by atoms with Crippen LogP contribution >= 0.6 is 11.6 Å². The van der Waals surface area contributed by atoms with Crippen molar-refractivity contribution in [2.75, 3.05) is 5.32 Å². The van der Waals surface area contributed by atoms with E-state index in [-0.39, 0.29) is 12.5 Å². The Kier molecular flexibility index (Phi) is 3.60. The Labute approximate surface area is 109 Å². The largest absolute Gasteiger partial charge is 0.324 e. The standard InChI is InChI=1S/C12H9ClN4O/c13-10-6-15-17(7-10)8-12(18)16-11-3-1-9(5-14)2-4-11/h1-4,6-7H,8H2,(H,16,18). The Morgan fingerprint density at radius 2 is 2.17 bits per heavy atom. The van der Waals surface area contributed by atoms with Crippen LogP contribution in [0.2, 0.25) is 5.02 Å². The van der Waals surface area contributed by atoms with Crippen LogP contribution in [0.15, 0.2) is 36.7 Å². The molecule has 1 aromatic carbocycles. The molecular weight excluding hydrogens is 252 g/mol. The first-order valence-corrected chi connectivity index (χ1v) is 5.53. The molecule has 1 N–H and O–H groups in total. The van der Waals surface area contributed by atoms with E-state index in [1.807, 2.05) is 6.07 Å². The maximum Gasteiger partial charge on any atom is 0.246 e. The lowest BCUT2D eigenvalue weighted by molar-refractivity contribution is -0.116. The predicted molar refractivity (Wildman–Crippen MR) is 67.0 cm³/mol. The highest BCUT2D eigenvalue weighted by Gasteiger charge is 2.04. The third-order valence-electron chi connectivity index (χ3n) is 2.21. The minimum Gasteiger partial charge on any atom is -0.324 e. The molecule has 2 rings (SSSR count). The van der Waals surface area contributed by atoms with Crippen LogP contribution in [0.25, 0.3) is 0 Å². The van der Waals surface area contributed by atoms with E-state index in [0.29, 0.717) is 16.3 Å². The Balaban J connectivity index is 1.96. The maximum atomic E-state index is 11.7. The molecule has 1 aromatic heterocycles. The van der Waals surface area contributed by atoms with Gasteiger partial charge in [-0.2, -0.15) is 10.4 Å². The van der Waals surface area contributed by atoms with Gasteiger partial charge in [0.2, 0.25) is 5.91 Å². The number of nitrogens with zero attached hydrogens (tertiary/aromatic N) is 3. The van der Waals surface area contributed by atoms with Crippen molar-refractivity contribution in [1.29, 1.82) is 5.26 Å². The fourth-order valence-electron chi connectivity index (χ4n) is 1.40. The fraction of sp³-hybridized carbons (Fsp3) is 0.0833. The number of benzene rings is 1. The quantitative estimate of drug-likeness (QED) is 0.918. The van der Waals surface area contributed by atoms with Gasteiger partial charge in [0.05, 0.1) is 22.9 Å². The third kappa shape index (κ3) is 3.09. The average Bonchev–Trinajstić information content (AvgIpc) is 2.75. The Hall–Kier alpha value is -2.32. The molecule has 1 amide bonds. The second kappa shape index (κ2) is 5.34. The molecule has 0 radical (unpaired) electrons. The molecule has 0 aliphatic rings. The smallest absolute Gasteiger partial charge is 0.246 e. The van der Waals surface area contributed by atoms with Crippen LogP contribution in [0, 0.1) is 11.3 Å². The summed E-state index contributed by atoms with van der Waals surface area (Å²) in [5.41, 5.74) is 1.18. The van der Waals surface area contributed by atoms with Gasteiger partial charge in [-0.1, -0.05) is 11.6 Å². The van der Waals surface area contributed by atoms with Gasteiger partial charge in [-0.05, 0) is 24.3 Å². The van der Waals surface area contributed by atoms with Crippen molar-refractivity contribution in [2.45, 2.75) is 6.54 Å². The summed E-state index contributed by atoms with van der Waals surface area (Å²) in [6.07, 6.45) is 3.04. The highest BCUT2D eigenvalue weighted by molar-refractivity contribution is 6.30. The Morgan fingerprint density at radius 3 is 2.72 bits per heavy atom. The summed E-state index contributed by atoms with van der Waals surface area (Å²) >= 11 is 5.69. The van der Waals surface area contributed by atoms with E-state index in [0.717, 1.165) is 0 Å². The number of halogens is 1. The van der Waals surface area contributed by atoms with E-state index >= 15 is 0 Å². The van der Waals surface area contributed by atoms with Crippen LogP contribution < -0.4 is 5.32 Å². The topological polar surface area (TPSA) is 70.7 Å². The van der Waals surface area contributed by atoms with Crippen molar-refractivity contribution in [3.63, 3.8) is 0 Å². The minimum atomic E-state index is -0.209. The number of amides is 1. The van der Waals surface area contributed by atoms with Gasteiger partial charge in [-0.3, -0.25) is 9.48 Å². The molecule has 90 valence electrons. The number of anilines is 1. The first kappa shape index (κ1) is 12.1. The van der Waals surface area contributed by atoms with Gasteiger partial charge in [0.25, 0.3) is 0 Å². The lowest BCUT2D eigenvalue weighted by Gasteiger charge is -2.05. The number of rotatable bonds is 3. The van der Waals surface area contributed by atoms with E-state index in [2.05, 4.69) is 10.4 Å². The second-order valence-electron chi connectivity index (χ2n) is 3.59. The Bertz CT molecular complexity index is 597. The van der Waals surface area contributed by atoms with E-state index in [9.17, 15) is 4.79 Å². The van der Waals surface area contributed by atoms with Gasteiger partial charge in [0.1, 0.15) is 6.54 Å². The molecule has 0 atom stereocenters. The number of carbonyl (C=O) groups is 1. The summed E-state index contributed by atoms with van der Waals surface area (Å²) in [6.45, 7) is 0.0900. The number of nitrogens with one attached hydrogen (secondary N) is 1. The van der Waals surface area contributed by atoms with Crippen LogP contribution in [-0.2, 0) is 11.3 Å². The lowest BCUT2D eigenvalue weighted by atomic mass is 10.2. The fourth-order valence-corrected chi connectivity index (χ4v) is 1.56. The zero-order valence-corrected chi connectivity index (χ0v) is 10.1. The van der Waals surface area contributed by atoms with E-state index in [1.54, 1.807) is 30.5 Å². The van der Waals surface area contributed by atoms with Crippen molar-refractivity contribution in [3.8, 4) is 6.07 Å². The SMILES string of the molecule is N#Cc1ccc(NC(=O)Cn2cc(Cl)cn2)cc1. The van der Waals surface area contributed by atoms with Crippen LogP contribution in [0.3, 0.4) is 0 Å². The number of nitriles is 1. The summed E-state index contributed by atoms with van der Waals surface area (Å²) in [7, 11) is 0. The number of hydrogen-bond donors (Lipinski definition) is 1. The zero-order valence-electron chi connectivity index (χ0n) is 9.30. The average molecular weight is 261 g/mol. The molecule has 0 aliphatic heterocycles. The third-order valence-corrected chi connectivity index (χ3v) is 2.40. The molecule has 6 heteroatoms. The monoisotopic (exact) mass is 260 g/mol. The highest BCUT2D eigenvalue weighted by Crippen LogP contribution is 2.09. The minimum absolute atomic E-state index is 0.0900. The summed E-state index contributed by atoms with van der Waals surface area (Å²) in [5, 5.41) is 15.7. The van der Waals surface area contributed by atoms with E-state index in [4.69, 9.17) is 16.9 Å². The number of carbonyl (C=O) groups excluding carboxylic acids is 1. The van der Waals surface area contributed by atoms with Gasteiger partial charge >= 0.3 is 0 Å². The molecule has 0 saturated carbocycles. The lowest BCUT2D eigenvalue weighted by Crippen LogP contribution is -2.18. The van der Waals surface area contributed by atoms with Gasteiger partial charge < -0.3 is 5.32 Å². The van der Waals surface area contributed by atoms with Crippen molar-refractivity contribution >= 4 is 23.2 Å². The van der Waals surface area contributed by atoms with Crippen molar-refractivity contribution in [3.05, 3.63) is 47.2 Å². The molecule has 0 aliphatic carbocycles. The van der Waals surface area contributed by atoms with Crippen molar-refractivity contribution < 1.29 is 4.79 Å². The first-order chi connectivity index (χ1) is 8.67. The van der Waals surface area contributed by atoms with Crippen LogP contribution in [-0.4, -0.2) is 15.7 Å². The normalized spacial score (nSPS) is 9.78. The van der Waals surface area contributed by atoms with Gasteiger partial charge in [0, 0.05) is 11.9 Å². The summed E-state index contributed by atoms with van der Waals surface area (Å²) in [5.74, 6) is -0.209. The molecule has 18 heavy (non-hydrogen) atoms. The summed E-state index contributed by atoms with van der Waals surface area (Å²) in [4.78, 5) is 11.7. The van der Waals surface area contributed by atoms with Gasteiger partial charge in [-0.15, -0.1) is 0 Å². The molecule has 2 aromatic rings. The van der Waals surface area contributed by atoms with Crippen LogP contribution in [0.5, 0.6) is 0 Å². The molecule has 0 bridgehead atoms. The molecule has 0 unspecified atom stereocenters. The summed E-state index contributed by atoms with van der Waals surface area (Å²) in [6, 6.07) is 8.63. The Morgan fingerprint density at radius 1 is 1.44 bits per heavy atom. The molecule has 0 fully saturated rings. The first-order valence-electron chi connectivity index (χ1n) is 5.15. The van der Waals surface area contributed by atoms with Crippen molar-refractivity contribution in [1.82, 2.24) is 9.78 Å². The molecule has 5 nitrogen and oxygen atoms in total. The van der Waals surface area contributed by atoms with Gasteiger partial charge in [0.15, 0.2) is 0 Å². The molecule has 0 saturated heterocycles. The predicted octanol–water partition coefficient (Wildman–Crippen LogP) is 2.05. The van der Waals surface area contributed by atoms with E-state index in [1.165, 1.54) is 10.9 Å². The number of hydrogen-bond acceptors (Lipinski definition) is 3. The highest BCUT2D eigenvalue weighted by atomic mass is 35.5. The molecular formula is C12H9ClN4O. The van der Waals surface area contributed by atoms with Gasteiger partial charge in [-0.25, -0.2) is 0 Å². The maximum absolute atomic E-state index is 11.7. The van der Waals surface area contributed by atoms with E-state index < -0.39 is 0 Å². The van der Waals surface area contributed by atoms with Crippen LogP contribution in [0.1, 0.15) is 5.56 Å².